The van der Waals surface area contributed by atoms with Crippen molar-refractivity contribution >= 4 is 11.9 Å². The monoisotopic (exact) mass is 269 g/mol. The van der Waals surface area contributed by atoms with Crippen molar-refractivity contribution in [1.29, 1.82) is 0 Å². The Labute approximate surface area is 113 Å². The Balaban J connectivity index is 2.28. The van der Waals surface area contributed by atoms with Gasteiger partial charge in [-0.15, -0.1) is 0 Å². The maximum absolute atomic E-state index is 5.56. The lowest BCUT2D eigenvalue weighted by Crippen LogP contribution is -2.14. The molecule has 19 heavy (non-hydrogen) atoms. The second-order valence-electron chi connectivity index (χ2n) is 4.45. The molecule has 0 aliphatic rings. The number of nitrogens with one attached hydrogen (secondary N) is 1. The fourth-order valence-corrected chi connectivity index (χ4v) is 1.30. The lowest BCUT2D eigenvalue weighted by molar-refractivity contribution is 0.132. The van der Waals surface area contributed by atoms with E-state index >= 15 is 0 Å². The molecule has 108 valence electrons. The maximum Gasteiger partial charge on any atom is 0.323 e. The number of nitrogen functional groups attached to an aromatic ring is 1. The van der Waals surface area contributed by atoms with Gasteiger partial charge in [0.2, 0.25) is 11.9 Å². The van der Waals surface area contributed by atoms with E-state index in [2.05, 4.69) is 34.1 Å². The summed E-state index contributed by atoms with van der Waals surface area (Å²) in [6, 6.07) is 0.234. The Kier molecular flexibility index (Phi) is 6.88. The van der Waals surface area contributed by atoms with E-state index in [0.29, 0.717) is 31.6 Å². The van der Waals surface area contributed by atoms with Crippen molar-refractivity contribution in [2.24, 2.45) is 5.92 Å². The van der Waals surface area contributed by atoms with Crippen molar-refractivity contribution in [3.8, 4) is 6.01 Å². The van der Waals surface area contributed by atoms with Crippen LogP contribution >= 0.6 is 0 Å². The smallest absolute Gasteiger partial charge is 0.323 e. The number of ether oxygens (including phenoxy) is 2. The van der Waals surface area contributed by atoms with Gasteiger partial charge in [0.1, 0.15) is 0 Å². The molecule has 1 aromatic heterocycles. The van der Waals surface area contributed by atoms with Crippen LogP contribution in [0.5, 0.6) is 6.01 Å². The molecule has 0 radical (unpaired) electrons. The minimum absolute atomic E-state index is 0.140. The summed E-state index contributed by atoms with van der Waals surface area (Å²) in [5.74, 6) is 1.20. The van der Waals surface area contributed by atoms with Crippen LogP contribution in [0.15, 0.2) is 0 Å². The zero-order chi connectivity index (χ0) is 14.1. The Hall–Kier alpha value is -1.63. The van der Waals surface area contributed by atoms with Gasteiger partial charge in [0.25, 0.3) is 0 Å². The predicted molar refractivity (Wildman–Crippen MR) is 74.2 cm³/mol. The van der Waals surface area contributed by atoms with Gasteiger partial charge >= 0.3 is 6.01 Å². The molecule has 0 atom stereocenters. The molecule has 0 aliphatic heterocycles. The van der Waals surface area contributed by atoms with Crippen molar-refractivity contribution in [3.05, 3.63) is 0 Å². The lowest BCUT2D eigenvalue weighted by Gasteiger charge is -2.08. The highest BCUT2D eigenvalue weighted by Crippen LogP contribution is 2.08. The molecule has 0 spiro atoms. The molecular weight excluding hydrogens is 246 g/mol. The highest BCUT2D eigenvalue weighted by Gasteiger charge is 2.04. The third kappa shape index (κ3) is 6.76. The van der Waals surface area contributed by atoms with Crippen LogP contribution in [-0.2, 0) is 4.74 Å². The van der Waals surface area contributed by atoms with Crippen LogP contribution in [0.1, 0.15) is 27.2 Å². The summed E-state index contributed by atoms with van der Waals surface area (Å²) in [7, 11) is 0. The third-order valence-electron chi connectivity index (χ3n) is 2.27. The van der Waals surface area contributed by atoms with Crippen molar-refractivity contribution in [1.82, 2.24) is 15.0 Å². The van der Waals surface area contributed by atoms with Crippen molar-refractivity contribution in [2.45, 2.75) is 27.2 Å². The molecule has 1 heterocycles. The first kappa shape index (κ1) is 15.4. The van der Waals surface area contributed by atoms with E-state index in [0.717, 1.165) is 13.0 Å². The first-order valence-electron chi connectivity index (χ1n) is 6.57. The van der Waals surface area contributed by atoms with Gasteiger partial charge in [0.05, 0.1) is 13.2 Å². The summed E-state index contributed by atoms with van der Waals surface area (Å²) in [6.07, 6.45) is 1.06. The fraction of sp³-hybridized carbons (Fsp3) is 0.750. The molecule has 0 fully saturated rings. The summed E-state index contributed by atoms with van der Waals surface area (Å²) in [6.45, 7) is 8.67. The Morgan fingerprint density at radius 1 is 1.21 bits per heavy atom. The Morgan fingerprint density at radius 2 is 2.00 bits per heavy atom. The normalized spacial score (nSPS) is 10.7. The standard InChI is InChI=1S/C12H23N5O2/c1-4-19-12-16-10(13)15-11(17-12)14-6-8-18-7-5-9(2)3/h9H,4-8H2,1-3H3,(H3,13,14,15,16,17). The Bertz CT molecular complexity index is 373. The molecule has 0 saturated carbocycles. The molecule has 0 unspecified atom stereocenters. The molecule has 0 aliphatic carbocycles. The van der Waals surface area contributed by atoms with Crippen LogP contribution in [0.2, 0.25) is 0 Å². The lowest BCUT2D eigenvalue weighted by atomic mass is 10.1. The highest BCUT2D eigenvalue weighted by atomic mass is 16.5. The molecule has 0 aromatic carbocycles. The van der Waals surface area contributed by atoms with Gasteiger partial charge in [0, 0.05) is 13.2 Å². The maximum atomic E-state index is 5.56. The molecule has 0 bridgehead atoms. The van der Waals surface area contributed by atoms with E-state index in [1.165, 1.54) is 0 Å². The van der Waals surface area contributed by atoms with Crippen molar-refractivity contribution in [2.75, 3.05) is 37.4 Å². The van der Waals surface area contributed by atoms with Gasteiger partial charge in [-0.2, -0.15) is 15.0 Å². The number of anilines is 2. The van der Waals surface area contributed by atoms with Crippen molar-refractivity contribution in [3.63, 3.8) is 0 Å². The molecule has 1 rings (SSSR count). The van der Waals surface area contributed by atoms with Crippen LogP contribution in [0.4, 0.5) is 11.9 Å². The molecule has 3 N–H and O–H groups in total. The average Bonchev–Trinajstić information content (AvgIpc) is 2.33. The second kappa shape index (κ2) is 8.47. The van der Waals surface area contributed by atoms with E-state index in [1.54, 1.807) is 0 Å². The van der Waals surface area contributed by atoms with E-state index in [1.807, 2.05) is 6.92 Å². The largest absolute Gasteiger partial charge is 0.464 e. The summed E-state index contributed by atoms with van der Waals surface area (Å²) in [5.41, 5.74) is 5.56. The van der Waals surface area contributed by atoms with Gasteiger partial charge in [-0.3, -0.25) is 0 Å². The fourth-order valence-electron chi connectivity index (χ4n) is 1.30. The minimum atomic E-state index is 0.140. The molecule has 0 amide bonds. The summed E-state index contributed by atoms with van der Waals surface area (Å²) in [4.78, 5) is 11.9. The third-order valence-corrected chi connectivity index (χ3v) is 2.27. The number of nitrogens with zero attached hydrogens (tertiary/aromatic N) is 3. The predicted octanol–water partition coefficient (Wildman–Crippen LogP) is 1.33. The quantitative estimate of drug-likeness (QED) is 0.653. The summed E-state index contributed by atoms with van der Waals surface area (Å²) >= 11 is 0. The van der Waals surface area contributed by atoms with Gasteiger partial charge in [-0.05, 0) is 19.3 Å². The van der Waals surface area contributed by atoms with E-state index in [9.17, 15) is 0 Å². The van der Waals surface area contributed by atoms with Gasteiger partial charge < -0.3 is 20.5 Å². The first-order chi connectivity index (χ1) is 9.11. The molecular formula is C12H23N5O2. The molecule has 0 saturated heterocycles. The first-order valence-corrected chi connectivity index (χ1v) is 6.57. The molecule has 1 aromatic rings. The number of aromatic nitrogens is 3. The number of rotatable bonds is 9. The number of hydrogen-bond acceptors (Lipinski definition) is 7. The zero-order valence-corrected chi connectivity index (χ0v) is 11.8. The van der Waals surface area contributed by atoms with E-state index in [-0.39, 0.29) is 12.0 Å². The van der Waals surface area contributed by atoms with E-state index in [4.69, 9.17) is 15.2 Å². The van der Waals surface area contributed by atoms with Crippen LogP contribution in [0.25, 0.3) is 0 Å². The van der Waals surface area contributed by atoms with Gasteiger partial charge in [-0.25, -0.2) is 0 Å². The second-order valence-corrected chi connectivity index (χ2v) is 4.45. The summed E-state index contributed by atoms with van der Waals surface area (Å²) < 4.78 is 10.7. The summed E-state index contributed by atoms with van der Waals surface area (Å²) in [5, 5.41) is 3.03. The van der Waals surface area contributed by atoms with Gasteiger partial charge in [-0.1, -0.05) is 13.8 Å². The van der Waals surface area contributed by atoms with E-state index < -0.39 is 0 Å². The van der Waals surface area contributed by atoms with Crippen LogP contribution in [-0.4, -0.2) is 41.3 Å². The topological polar surface area (TPSA) is 95.2 Å². The average molecular weight is 269 g/mol. The van der Waals surface area contributed by atoms with Crippen LogP contribution in [0, 0.1) is 5.92 Å². The highest BCUT2D eigenvalue weighted by molar-refractivity contribution is 5.32. The van der Waals surface area contributed by atoms with Gasteiger partial charge in [0.15, 0.2) is 0 Å². The SMILES string of the molecule is CCOc1nc(N)nc(NCCOCCC(C)C)n1. The number of nitrogens with two attached hydrogens (primary N) is 1. The van der Waals surface area contributed by atoms with Crippen LogP contribution < -0.4 is 15.8 Å². The van der Waals surface area contributed by atoms with Crippen LogP contribution in [0.3, 0.4) is 0 Å². The Morgan fingerprint density at radius 3 is 2.68 bits per heavy atom. The molecule has 7 heteroatoms. The van der Waals surface area contributed by atoms with Crippen molar-refractivity contribution < 1.29 is 9.47 Å². The number of hydrogen-bond donors (Lipinski definition) is 2. The minimum Gasteiger partial charge on any atom is -0.464 e. The molecule has 7 nitrogen and oxygen atoms in total. The zero-order valence-electron chi connectivity index (χ0n) is 11.8.